The highest BCUT2D eigenvalue weighted by Crippen LogP contribution is 2.30. The molecule has 1 rings (SSSR count). The van der Waals surface area contributed by atoms with Crippen molar-refractivity contribution >= 4 is 15.9 Å². The Hall–Kier alpha value is -0.680. The predicted molar refractivity (Wildman–Crippen MR) is 48.8 cm³/mol. The Balaban J connectivity index is 3.10. The molecule has 0 atom stereocenters. The van der Waals surface area contributed by atoms with E-state index in [0.29, 0.717) is 10.2 Å². The van der Waals surface area contributed by atoms with Crippen molar-refractivity contribution in [1.29, 1.82) is 0 Å². The highest BCUT2D eigenvalue weighted by Gasteiger charge is 2.25. The second-order valence-corrected chi connectivity index (χ2v) is 3.33. The van der Waals surface area contributed by atoms with Crippen LogP contribution >= 0.6 is 15.9 Å². The lowest BCUT2D eigenvalue weighted by molar-refractivity contribution is 0.00289. The standard InChI is InChI=1S/C8H8BrF2NO/c1-13-7-3-2-5(4-6(7)9)8(10,11)12/h2-4H,12H2,1H3. The van der Waals surface area contributed by atoms with Gasteiger partial charge in [-0.3, -0.25) is 5.73 Å². The molecule has 0 aliphatic carbocycles. The lowest BCUT2D eigenvalue weighted by Gasteiger charge is -2.11. The Kier molecular flexibility index (Phi) is 2.87. The fourth-order valence-corrected chi connectivity index (χ4v) is 1.41. The molecular weight excluding hydrogens is 244 g/mol. The maximum absolute atomic E-state index is 12.6. The summed E-state index contributed by atoms with van der Waals surface area (Å²) in [5, 5.41) is 0. The van der Waals surface area contributed by atoms with Gasteiger partial charge in [-0.25, -0.2) is 0 Å². The predicted octanol–water partition coefficient (Wildman–Crippen LogP) is 2.47. The third-order valence-corrected chi connectivity index (χ3v) is 2.16. The van der Waals surface area contributed by atoms with Crippen LogP contribution in [0.5, 0.6) is 5.75 Å². The Morgan fingerprint density at radius 3 is 2.46 bits per heavy atom. The first-order chi connectivity index (χ1) is 5.95. The third kappa shape index (κ3) is 2.38. The van der Waals surface area contributed by atoms with Crippen molar-refractivity contribution in [2.24, 2.45) is 5.73 Å². The van der Waals surface area contributed by atoms with Crippen LogP contribution in [0, 0.1) is 0 Å². The number of rotatable bonds is 2. The number of ether oxygens (including phenoxy) is 1. The zero-order chi connectivity index (χ0) is 10.1. The number of alkyl halides is 2. The van der Waals surface area contributed by atoms with Gasteiger partial charge in [0.25, 0.3) is 0 Å². The van der Waals surface area contributed by atoms with E-state index in [9.17, 15) is 8.78 Å². The van der Waals surface area contributed by atoms with Crippen LogP contribution in [0.25, 0.3) is 0 Å². The van der Waals surface area contributed by atoms with Gasteiger partial charge in [0.05, 0.1) is 11.6 Å². The molecule has 0 fully saturated rings. The van der Waals surface area contributed by atoms with Gasteiger partial charge in [0.15, 0.2) is 0 Å². The third-order valence-electron chi connectivity index (χ3n) is 1.54. The van der Waals surface area contributed by atoms with Gasteiger partial charge in [-0.2, -0.15) is 8.78 Å². The smallest absolute Gasteiger partial charge is 0.326 e. The van der Waals surface area contributed by atoms with Crippen LogP contribution < -0.4 is 10.5 Å². The van der Waals surface area contributed by atoms with Crippen molar-refractivity contribution in [3.63, 3.8) is 0 Å². The average molecular weight is 252 g/mol. The highest BCUT2D eigenvalue weighted by molar-refractivity contribution is 9.10. The summed E-state index contributed by atoms with van der Waals surface area (Å²) >= 11 is 3.09. The molecule has 0 saturated carbocycles. The molecule has 5 heteroatoms. The Morgan fingerprint density at radius 1 is 1.46 bits per heavy atom. The molecule has 0 aliphatic rings. The highest BCUT2D eigenvalue weighted by atomic mass is 79.9. The van der Waals surface area contributed by atoms with Gasteiger partial charge in [-0.1, -0.05) is 0 Å². The van der Waals surface area contributed by atoms with Crippen LogP contribution in [0.4, 0.5) is 8.78 Å². The number of hydrogen-bond acceptors (Lipinski definition) is 2. The summed E-state index contributed by atoms with van der Waals surface area (Å²) in [5.74, 6) is 0.494. The summed E-state index contributed by atoms with van der Waals surface area (Å²) in [5.41, 5.74) is 4.37. The lowest BCUT2D eigenvalue weighted by Crippen LogP contribution is -2.24. The van der Waals surface area contributed by atoms with E-state index in [4.69, 9.17) is 4.74 Å². The Morgan fingerprint density at radius 2 is 2.08 bits per heavy atom. The van der Waals surface area contributed by atoms with E-state index in [-0.39, 0.29) is 5.56 Å². The first kappa shape index (κ1) is 10.4. The van der Waals surface area contributed by atoms with E-state index in [1.165, 1.54) is 25.3 Å². The van der Waals surface area contributed by atoms with E-state index in [0.717, 1.165) is 0 Å². The van der Waals surface area contributed by atoms with E-state index in [2.05, 4.69) is 21.7 Å². The quantitative estimate of drug-likeness (QED) is 0.820. The molecule has 0 unspecified atom stereocenters. The van der Waals surface area contributed by atoms with Gasteiger partial charge in [0.1, 0.15) is 5.75 Å². The van der Waals surface area contributed by atoms with E-state index < -0.39 is 6.05 Å². The zero-order valence-electron chi connectivity index (χ0n) is 6.85. The van der Waals surface area contributed by atoms with Gasteiger partial charge in [-0.15, -0.1) is 0 Å². The molecule has 1 aromatic rings. The Bertz CT molecular complexity index is 312. The van der Waals surface area contributed by atoms with Gasteiger partial charge >= 0.3 is 6.05 Å². The minimum atomic E-state index is -3.31. The number of hydrogen-bond donors (Lipinski definition) is 1. The van der Waals surface area contributed by atoms with Crippen molar-refractivity contribution in [3.8, 4) is 5.75 Å². The molecular formula is C8H8BrF2NO. The van der Waals surface area contributed by atoms with Crippen molar-refractivity contribution in [2.45, 2.75) is 6.05 Å². The van der Waals surface area contributed by atoms with Crippen molar-refractivity contribution in [2.75, 3.05) is 7.11 Å². The summed E-state index contributed by atoms with van der Waals surface area (Å²) in [4.78, 5) is 0. The molecule has 0 bridgehead atoms. The van der Waals surface area contributed by atoms with Gasteiger partial charge in [0.2, 0.25) is 0 Å². The number of nitrogens with two attached hydrogens (primary N) is 1. The van der Waals surface area contributed by atoms with Crippen LogP contribution in [-0.4, -0.2) is 7.11 Å². The first-order valence-electron chi connectivity index (χ1n) is 3.46. The number of methoxy groups -OCH3 is 1. The van der Waals surface area contributed by atoms with Crippen molar-refractivity contribution < 1.29 is 13.5 Å². The molecule has 0 aromatic heterocycles. The fourth-order valence-electron chi connectivity index (χ4n) is 0.874. The van der Waals surface area contributed by atoms with E-state index in [1.807, 2.05) is 0 Å². The number of halogens is 3. The molecule has 2 N–H and O–H groups in total. The van der Waals surface area contributed by atoms with E-state index in [1.54, 1.807) is 0 Å². The fraction of sp³-hybridized carbons (Fsp3) is 0.250. The van der Waals surface area contributed by atoms with Crippen LogP contribution in [0.15, 0.2) is 22.7 Å². The normalized spacial score (nSPS) is 11.5. The summed E-state index contributed by atoms with van der Waals surface area (Å²) in [6.45, 7) is 0. The first-order valence-corrected chi connectivity index (χ1v) is 4.25. The Labute approximate surface area is 82.8 Å². The molecule has 0 heterocycles. The minimum absolute atomic E-state index is 0.250. The maximum Gasteiger partial charge on any atom is 0.326 e. The van der Waals surface area contributed by atoms with Crippen LogP contribution in [0.2, 0.25) is 0 Å². The number of benzene rings is 1. The molecule has 0 saturated heterocycles. The van der Waals surface area contributed by atoms with Crippen LogP contribution in [0.3, 0.4) is 0 Å². The lowest BCUT2D eigenvalue weighted by atomic mass is 10.2. The second kappa shape index (κ2) is 3.59. The van der Waals surface area contributed by atoms with Crippen molar-refractivity contribution in [3.05, 3.63) is 28.2 Å². The largest absolute Gasteiger partial charge is 0.496 e. The summed E-state index contributed by atoms with van der Waals surface area (Å²) in [6.07, 6.45) is 0. The SMILES string of the molecule is COc1ccc(C(N)(F)F)cc1Br. The van der Waals surface area contributed by atoms with Gasteiger partial charge in [0, 0.05) is 5.56 Å². The molecule has 72 valence electrons. The molecule has 1 aromatic carbocycles. The zero-order valence-corrected chi connectivity index (χ0v) is 8.44. The van der Waals surface area contributed by atoms with Crippen LogP contribution in [0.1, 0.15) is 5.56 Å². The molecule has 13 heavy (non-hydrogen) atoms. The topological polar surface area (TPSA) is 35.2 Å². The summed E-state index contributed by atoms with van der Waals surface area (Å²) in [7, 11) is 1.46. The summed E-state index contributed by atoms with van der Waals surface area (Å²) < 4.78 is 30.5. The second-order valence-electron chi connectivity index (χ2n) is 2.47. The van der Waals surface area contributed by atoms with Crippen molar-refractivity contribution in [1.82, 2.24) is 0 Å². The van der Waals surface area contributed by atoms with Gasteiger partial charge < -0.3 is 4.74 Å². The van der Waals surface area contributed by atoms with Gasteiger partial charge in [-0.05, 0) is 34.1 Å². The average Bonchev–Trinajstić information content (AvgIpc) is 2.02. The van der Waals surface area contributed by atoms with E-state index >= 15 is 0 Å². The molecule has 0 spiro atoms. The molecule has 2 nitrogen and oxygen atoms in total. The summed E-state index contributed by atoms with van der Waals surface area (Å²) in [6, 6.07) is 0.581. The monoisotopic (exact) mass is 251 g/mol. The molecule has 0 amide bonds. The van der Waals surface area contributed by atoms with Crippen LogP contribution in [-0.2, 0) is 6.05 Å². The minimum Gasteiger partial charge on any atom is -0.496 e. The molecule has 0 radical (unpaired) electrons. The molecule has 0 aliphatic heterocycles. The maximum atomic E-state index is 12.6.